The highest BCUT2D eigenvalue weighted by Crippen LogP contribution is 2.18. The molecule has 0 bridgehead atoms. The second kappa shape index (κ2) is 4.44. The molecule has 0 aliphatic carbocycles. The van der Waals surface area contributed by atoms with Crippen LogP contribution in [0.1, 0.15) is 0 Å². The lowest BCUT2D eigenvalue weighted by molar-refractivity contribution is -0.110. The van der Waals surface area contributed by atoms with Crippen LogP contribution in [-0.4, -0.2) is 17.3 Å². The van der Waals surface area contributed by atoms with E-state index in [1.54, 1.807) is 6.07 Å². The third kappa shape index (κ3) is 2.17. The number of hydrogen-bond acceptors (Lipinski definition) is 3. The summed E-state index contributed by atoms with van der Waals surface area (Å²) in [5, 5.41) is 15.6. The molecule has 0 fully saturated rings. The monoisotopic (exact) mass is 214 g/mol. The average molecular weight is 214 g/mol. The molecular weight excluding hydrogens is 204 g/mol. The van der Waals surface area contributed by atoms with Gasteiger partial charge in [0.25, 0.3) is 5.91 Å². The number of rotatable bonds is 2. The van der Waals surface area contributed by atoms with Crippen molar-refractivity contribution in [1.29, 1.82) is 0 Å². The van der Waals surface area contributed by atoms with Crippen LogP contribution in [0.4, 0.5) is 5.69 Å². The van der Waals surface area contributed by atoms with E-state index in [0.717, 1.165) is 17.0 Å². The molecule has 0 atom stereocenters. The Hall–Kier alpha value is -2.36. The highest BCUT2D eigenvalue weighted by atomic mass is 16.4. The Kier molecular flexibility index (Phi) is 2.82. The number of hydrogen-bond donors (Lipinski definition) is 2. The zero-order valence-corrected chi connectivity index (χ0v) is 8.42. The summed E-state index contributed by atoms with van der Waals surface area (Å²) in [4.78, 5) is 11.1. The van der Waals surface area contributed by atoms with E-state index in [0.29, 0.717) is 5.69 Å². The van der Waals surface area contributed by atoms with Crippen molar-refractivity contribution in [3.63, 3.8) is 0 Å². The molecule has 0 unspecified atom stereocenters. The average Bonchev–Trinajstić information content (AvgIpc) is 2.29. The number of nitrogens with one attached hydrogen (secondary N) is 1. The topological polar surface area (TPSA) is 61.7 Å². The maximum Gasteiger partial charge on any atom is 0.270 e. The molecule has 0 aromatic heterocycles. The Labute approximate surface area is 92.2 Å². The second-order valence-corrected chi connectivity index (χ2v) is 3.30. The first kappa shape index (κ1) is 10.2. The van der Waals surface area contributed by atoms with E-state index in [4.69, 9.17) is 5.21 Å². The predicted octanol–water partition coefficient (Wildman–Crippen LogP) is 2.24. The molecule has 2 aromatic carbocycles. The molecule has 16 heavy (non-hydrogen) atoms. The second-order valence-electron chi connectivity index (χ2n) is 3.30. The third-order valence-corrected chi connectivity index (χ3v) is 2.19. The summed E-state index contributed by atoms with van der Waals surface area (Å²) in [6, 6.07) is 13.4. The summed E-state index contributed by atoms with van der Waals surface area (Å²) in [5.74, 6) is -0.460. The minimum atomic E-state index is -0.460. The number of amides is 1. The normalized spacial score (nSPS) is 10.8. The predicted molar refractivity (Wildman–Crippen MR) is 62.9 cm³/mol. The maximum atomic E-state index is 11.1. The van der Waals surface area contributed by atoms with Gasteiger partial charge in [-0.3, -0.25) is 4.79 Å². The fourth-order valence-electron chi connectivity index (χ4n) is 1.49. The summed E-state index contributed by atoms with van der Waals surface area (Å²) < 4.78 is 0. The Morgan fingerprint density at radius 2 is 1.94 bits per heavy atom. The lowest BCUT2D eigenvalue weighted by Gasteiger charge is -2.03. The SMILES string of the molecule is O=C(/C=N/O)Nc1ccc2ccccc2c1. The molecule has 4 heteroatoms. The van der Waals surface area contributed by atoms with Crippen molar-refractivity contribution in [1.82, 2.24) is 0 Å². The molecule has 0 saturated carbocycles. The molecule has 0 heterocycles. The lowest BCUT2D eigenvalue weighted by atomic mass is 10.1. The first-order valence-corrected chi connectivity index (χ1v) is 4.77. The Bertz CT molecular complexity index is 549. The highest BCUT2D eigenvalue weighted by Gasteiger charge is 1.99. The van der Waals surface area contributed by atoms with Gasteiger partial charge < -0.3 is 10.5 Å². The number of oxime groups is 1. The van der Waals surface area contributed by atoms with Crippen molar-refractivity contribution in [3.05, 3.63) is 42.5 Å². The van der Waals surface area contributed by atoms with E-state index in [1.165, 1.54) is 0 Å². The number of nitrogens with zero attached hydrogens (tertiary/aromatic N) is 1. The minimum Gasteiger partial charge on any atom is -0.411 e. The molecule has 0 radical (unpaired) electrons. The van der Waals surface area contributed by atoms with Gasteiger partial charge in [-0.1, -0.05) is 35.5 Å². The number of benzene rings is 2. The van der Waals surface area contributed by atoms with E-state index < -0.39 is 5.91 Å². The van der Waals surface area contributed by atoms with E-state index in [2.05, 4.69) is 10.5 Å². The highest BCUT2D eigenvalue weighted by molar-refractivity contribution is 6.31. The number of carbonyl (C=O) groups excluding carboxylic acids is 1. The van der Waals surface area contributed by atoms with Crippen LogP contribution in [0, 0.1) is 0 Å². The molecule has 80 valence electrons. The van der Waals surface area contributed by atoms with Crippen molar-refractivity contribution in [2.75, 3.05) is 5.32 Å². The molecule has 0 saturated heterocycles. The van der Waals surface area contributed by atoms with Crippen LogP contribution < -0.4 is 5.32 Å². The van der Waals surface area contributed by atoms with Gasteiger partial charge in [-0.05, 0) is 22.9 Å². The van der Waals surface area contributed by atoms with Crippen molar-refractivity contribution >= 4 is 28.6 Å². The van der Waals surface area contributed by atoms with E-state index in [9.17, 15) is 4.79 Å². The van der Waals surface area contributed by atoms with Crippen molar-refractivity contribution in [3.8, 4) is 0 Å². The molecule has 2 aromatic rings. The Balaban J connectivity index is 2.29. The van der Waals surface area contributed by atoms with Gasteiger partial charge in [-0.25, -0.2) is 0 Å². The first-order valence-electron chi connectivity index (χ1n) is 4.77. The number of fused-ring (bicyclic) bond motifs is 1. The summed E-state index contributed by atoms with van der Waals surface area (Å²) >= 11 is 0. The van der Waals surface area contributed by atoms with Crippen LogP contribution in [-0.2, 0) is 4.79 Å². The number of carbonyl (C=O) groups is 1. The molecule has 0 spiro atoms. The Morgan fingerprint density at radius 3 is 2.69 bits per heavy atom. The fraction of sp³-hybridized carbons (Fsp3) is 0. The molecule has 2 rings (SSSR count). The van der Waals surface area contributed by atoms with Crippen molar-refractivity contribution in [2.24, 2.45) is 5.16 Å². The van der Waals surface area contributed by atoms with Gasteiger partial charge >= 0.3 is 0 Å². The molecule has 0 aliphatic rings. The number of anilines is 1. The smallest absolute Gasteiger partial charge is 0.270 e. The van der Waals surface area contributed by atoms with Gasteiger partial charge in [0, 0.05) is 5.69 Å². The summed E-state index contributed by atoms with van der Waals surface area (Å²) in [5.41, 5.74) is 0.670. The van der Waals surface area contributed by atoms with Gasteiger partial charge in [-0.15, -0.1) is 0 Å². The zero-order valence-electron chi connectivity index (χ0n) is 8.42. The standard InChI is InChI=1S/C12H10N2O2/c15-12(8-13-16)14-11-6-5-9-3-1-2-4-10(9)7-11/h1-8,16H,(H,14,15)/b13-8+. The largest absolute Gasteiger partial charge is 0.411 e. The summed E-state index contributed by atoms with van der Waals surface area (Å²) in [6.07, 6.45) is 0.815. The Morgan fingerprint density at radius 1 is 1.19 bits per heavy atom. The summed E-state index contributed by atoms with van der Waals surface area (Å²) in [7, 11) is 0. The molecule has 1 amide bonds. The van der Waals surface area contributed by atoms with Gasteiger partial charge in [0.05, 0.1) is 0 Å². The van der Waals surface area contributed by atoms with Crippen molar-refractivity contribution < 1.29 is 10.0 Å². The minimum absolute atomic E-state index is 0.460. The fourth-order valence-corrected chi connectivity index (χ4v) is 1.49. The van der Waals surface area contributed by atoms with E-state index in [-0.39, 0.29) is 0 Å². The van der Waals surface area contributed by atoms with Crippen LogP contribution >= 0.6 is 0 Å². The van der Waals surface area contributed by atoms with Crippen LogP contribution in [0.5, 0.6) is 0 Å². The zero-order chi connectivity index (χ0) is 11.4. The van der Waals surface area contributed by atoms with Crippen LogP contribution in [0.15, 0.2) is 47.6 Å². The third-order valence-electron chi connectivity index (χ3n) is 2.19. The van der Waals surface area contributed by atoms with Crippen molar-refractivity contribution in [2.45, 2.75) is 0 Å². The molecule has 2 N–H and O–H groups in total. The van der Waals surface area contributed by atoms with Crippen LogP contribution in [0.25, 0.3) is 10.8 Å². The van der Waals surface area contributed by atoms with Gasteiger partial charge in [0.1, 0.15) is 6.21 Å². The first-order chi connectivity index (χ1) is 7.79. The van der Waals surface area contributed by atoms with Crippen LogP contribution in [0.2, 0.25) is 0 Å². The summed E-state index contributed by atoms with van der Waals surface area (Å²) in [6.45, 7) is 0. The molecule has 4 nitrogen and oxygen atoms in total. The lowest BCUT2D eigenvalue weighted by Crippen LogP contribution is -2.12. The molecule has 0 aliphatic heterocycles. The quantitative estimate of drug-likeness (QED) is 0.457. The van der Waals surface area contributed by atoms with Gasteiger partial charge in [0.15, 0.2) is 0 Å². The van der Waals surface area contributed by atoms with Gasteiger partial charge in [-0.2, -0.15) is 0 Å². The van der Waals surface area contributed by atoms with E-state index in [1.807, 2.05) is 36.4 Å². The van der Waals surface area contributed by atoms with Gasteiger partial charge in [0.2, 0.25) is 0 Å². The maximum absolute atomic E-state index is 11.1. The molecular formula is C12H10N2O2. The van der Waals surface area contributed by atoms with Crippen LogP contribution in [0.3, 0.4) is 0 Å². The van der Waals surface area contributed by atoms with E-state index >= 15 is 0 Å².